The first-order valence-corrected chi connectivity index (χ1v) is 7.26. The van der Waals surface area contributed by atoms with Gasteiger partial charge in [-0.3, -0.25) is 4.98 Å². The van der Waals surface area contributed by atoms with Crippen LogP contribution in [0.5, 0.6) is 0 Å². The summed E-state index contributed by atoms with van der Waals surface area (Å²) < 4.78 is 5.83. The highest BCUT2D eigenvalue weighted by Gasteiger charge is 2.10. The molecule has 21 heavy (non-hydrogen) atoms. The van der Waals surface area contributed by atoms with Crippen molar-refractivity contribution in [1.82, 2.24) is 4.98 Å². The molecule has 0 radical (unpaired) electrons. The Morgan fingerprint density at radius 2 is 2.05 bits per heavy atom. The molecule has 0 amide bonds. The molecule has 0 bridgehead atoms. The number of H-pyrrole nitrogens is 1. The first-order valence-electron chi connectivity index (χ1n) is 6.09. The lowest BCUT2D eigenvalue weighted by molar-refractivity contribution is 0.555. The standard InChI is InChI=1S/C14H11BrClN3O2/c1-6-2-7(15)10(3-8(6)16)18-11-5-12-13(4-9(11)17)21-14(20)19-12/h2-5,18H,17H2,1H3,(H,19,20). The predicted octanol–water partition coefficient (Wildman–Crippen LogP) is 4.17. The van der Waals surface area contributed by atoms with Gasteiger partial charge in [0.15, 0.2) is 5.58 Å². The number of oxazole rings is 1. The van der Waals surface area contributed by atoms with E-state index in [0.29, 0.717) is 27.5 Å². The molecule has 5 nitrogen and oxygen atoms in total. The van der Waals surface area contributed by atoms with Crippen LogP contribution in [-0.4, -0.2) is 4.98 Å². The fourth-order valence-electron chi connectivity index (χ4n) is 2.01. The Morgan fingerprint density at radius 1 is 1.29 bits per heavy atom. The molecule has 7 heteroatoms. The average Bonchev–Trinajstić information content (AvgIpc) is 2.75. The van der Waals surface area contributed by atoms with E-state index < -0.39 is 5.76 Å². The van der Waals surface area contributed by atoms with Crippen molar-refractivity contribution in [1.29, 1.82) is 0 Å². The summed E-state index contributed by atoms with van der Waals surface area (Å²) in [7, 11) is 0. The highest BCUT2D eigenvalue weighted by molar-refractivity contribution is 9.10. The molecular formula is C14H11BrClN3O2. The van der Waals surface area contributed by atoms with Gasteiger partial charge >= 0.3 is 5.76 Å². The molecule has 0 unspecified atom stereocenters. The van der Waals surface area contributed by atoms with E-state index in [2.05, 4.69) is 26.2 Å². The van der Waals surface area contributed by atoms with E-state index in [1.54, 1.807) is 12.1 Å². The normalized spacial score (nSPS) is 11.0. The van der Waals surface area contributed by atoms with Crippen molar-refractivity contribution in [3.05, 3.63) is 49.9 Å². The number of aryl methyl sites for hydroxylation is 1. The molecular weight excluding hydrogens is 358 g/mol. The van der Waals surface area contributed by atoms with Gasteiger partial charge in [-0.05, 0) is 46.6 Å². The van der Waals surface area contributed by atoms with Crippen LogP contribution >= 0.6 is 27.5 Å². The molecule has 0 fully saturated rings. The number of nitrogens with two attached hydrogens (primary N) is 1. The number of hydrogen-bond acceptors (Lipinski definition) is 4. The second-order valence-electron chi connectivity index (χ2n) is 4.66. The number of aromatic amines is 1. The highest BCUT2D eigenvalue weighted by atomic mass is 79.9. The quantitative estimate of drug-likeness (QED) is 0.593. The zero-order valence-electron chi connectivity index (χ0n) is 11.0. The maximum atomic E-state index is 11.2. The van der Waals surface area contributed by atoms with Gasteiger partial charge in [0, 0.05) is 15.6 Å². The van der Waals surface area contributed by atoms with Crippen LogP contribution in [0.4, 0.5) is 17.1 Å². The lowest BCUT2D eigenvalue weighted by Gasteiger charge is -2.12. The van der Waals surface area contributed by atoms with Crippen molar-refractivity contribution in [2.45, 2.75) is 6.92 Å². The third kappa shape index (κ3) is 2.64. The zero-order valence-corrected chi connectivity index (χ0v) is 13.3. The molecule has 3 aromatic rings. The summed E-state index contributed by atoms with van der Waals surface area (Å²) in [5.41, 5.74) is 9.84. The maximum absolute atomic E-state index is 11.2. The number of halogens is 2. The molecule has 0 aliphatic rings. The molecule has 1 aromatic heterocycles. The smallest absolute Gasteiger partial charge is 0.408 e. The van der Waals surface area contributed by atoms with Gasteiger partial charge < -0.3 is 15.5 Å². The van der Waals surface area contributed by atoms with Crippen LogP contribution in [0.25, 0.3) is 11.1 Å². The second kappa shape index (κ2) is 5.13. The second-order valence-corrected chi connectivity index (χ2v) is 5.92. The lowest BCUT2D eigenvalue weighted by Crippen LogP contribution is -1.98. The Balaban J connectivity index is 2.07. The fourth-order valence-corrected chi connectivity index (χ4v) is 2.73. The van der Waals surface area contributed by atoms with E-state index in [9.17, 15) is 4.79 Å². The minimum absolute atomic E-state index is 0.420. The van der Waals surface area contributed by atoms with Gasteiger partial charge in [0.05, 0.1) is 22.6 Å². The molecule has 0 saturated heterocycles. The van der Waals surface area contributed by atoms with E-state index in [4.69, 9.17) is 21.8 Å². The number of anilines is 3. The Morgan fingerprint density at radius 3 is 2.81 bits per heavy atom. The topological polar surface area (TPSA) is 84.0 Å². The number of benzene rings is 2. The van der Waals surface area contributed by atoms with Gasteiger partial charge in [0.2, 0.25) is 0 Å². The summed E-state index contributed by atoms with van der Waals surface area (Å²) in [6.45, 7) is 1.92. The number of nitrogens with one attached hydrogen (secondary N) is 2. The van der Waals surface area contributed by atoms with Crippen molar-refractivity contribution in [3.63, 3.8) is 0 Å². The van der Waals surface area contributed by atoms with E-state index in [0.717, 1.165) is 15.7 Å². The van der Waals surface area contributed by atoms with Crippen LogP contribution in [0.3, 0.4) is 0 Å². The molecule has 0 spiro atoms. The van der Waals surface area contributed by atoms with Gasteiger partial charge in [-0.25, -0.2) is 4.79 Å². The molecule has 4 N–H and O–H groups in total. The average molecular weight is 369 g/mol. The fraction of sp³-hybridized carbons (Fsp3) is 0.0714. The van der Waals surface area contributed by atoms with Gasteiger partial charge in [-0.2, -0.15) is 0 Å². The third-order valence-electron chi connectivity index (χ3n) is 3.11. The van der Waals surface area contributed by atoms with Crippen molar-refractivity contribution >= 4 is 55.7 Å². The molecule has 108 valence electrons. The number of nitrogen functional groups attached to an aromatic ring is 1. The minimum Gasteiger partial charge on any atom is -0.408 e. The SMILES string of the molecule is Cc1cc(Br)c(Nc2cc3[nH]c(=O)oc3cc2N)cc1Cl. The minimum atomic E-state index is -0.513. The van der Waals surface area contributed by atoms with Gasteiger partial charge in [-0.15, -0.1) is 0 Å². The van der Waals surface area contributed by atoms with Crippen molar-refractivity contribution < 1.29 is 4.42 Å². The predicted molar refractivity (Wildman–Crippen MR) is 88.4 cm³/mol. The first kappa shape index (κ1) is 14.0. The van der Waals surface area contributed by atoms with Gasteiger partial charge in [0.25, 0.3) is 0 Å². The number of fused-ring (bicyclic) bond motifs is 1. The van der Waals surface area contributed by atoms with Gasteiger partial charge in [-0.1, -0.05) is 11.6 Å². The van der Waals surface area contributed by atoms with Crippen LogP contribution in [0.1, 0.15) is 5.56 Å². The Bertz CT molecular complexity index is 901. The van der Waals surface area contributed by atoms with Crippen LogP contribution in [0, 0.1) is 6.92 Å². The summed E-state index contributed by atoms with van der Waals surface area (Å²) in [6.07, 6.45) is 0. The van der Waals surface area contributed by atoms with Crippen molar-refractivity contribution in [3.8, 4) is 0 Å². The lowest BCUT2D eigenvalue weighted by atomic mass is 10.2. The Labute approximate surface area is 133 Å². The molecule has 0 saturated carbocycles. The molecule has 3 rings (SSSR count). The Hall–Kier alpha value is -1.92. The monoisotopic (exact) mass is 367 g/mol. The number of hydrogen-bond donors (Lipinski definition) is 3. The van der Waals surface area contributed by atoms with E-state index in [1.165, 1.54) is 0 Å². The largest absolute Gasteiger partial charge is 0.417 e. The molecule has 0 atom stereocenters. The van der Waals surface area contributed by atoms with Crippen molar-refractivity contribution in [2.75, 3.05) is 11.1 Å². The number of aromatic nitrogens is 1. The van der Waals surface area contributed by atoms with Crippen molar-refractivity contribution in [2.24, 2.45) is 0 Å². The van der Waals surface area contributed by atoms with E-state index in [1.807, 2.05) is 19.1 Å². The van der Waals surface area contributed by atoms with Crippen LogP contribution in [0.15, 0.2) is 37.9 Å². The Kier molecular flexibility index (Phi) is 3.43. The van der Waals surface area contributed by atoms with Crippen LogP contribution in [0.2, 0.25) is 5.02 Å². The van der Waals surface area contributed by atoms with Crippen LogP contribution in [-0.2, 0) is 0 Å². The summed E-state index contributed by atoms with van der Waals surface area (Å²) >= 11 is 9.61. The third-order valence-corrected chi connectivity index (χ3v) is 4.17. The van der Waals surface area contributed by atoms with Gasteiger partial charge in [0.1, 0.15) is 0 Å². The molecule has 0 aliphatic heterocycles. The summed E-state index contributed by atoms with van der Waals surface area (Å²) in [4.78, 5) is 13.8. The summed E-state index contributed by atoms with van der Waals surface area (Å²) in [6, 6.07) is 7.04. The number of rotatable bonds is 2. The summed E-state index contributed by atoms with van der Waals surface area (Å²) in [5.74, 6) is -0.513. The zero-order chi connectivity index (χ0) is 15.1. The van der Waals surface area contributed by atoms with Crippen LogP contribution < -0.4 is 16.8 Å². The molecule has 2 aromatic carbocycles. The molecule has 0 aliphatic carbocycles. The van der Waals surface area contributed by atoms with E-state index in [-0.39, 0.29) is 0 Å². The summed E-state index contributed by atoms with van der Waals surface area (Å²) in [5, 5.41) is 3.84. The highest BCUT2D eigenvalue weighted by Crippen LogP contribution is 2.34. The maximum Gasteiger partial charge on any atom is 0.417 e. The van der Waals surface area contributed by atoms with E-state index >= 15 is 0 Å². The first-order chi connectivity index (χ1) is 9.94. The molecule has 1 heterocycles.